The SMILES string of the molecule is Cc1ccc(S(=O)(=O)NCc2cccc(Oc3ccccc3)c2)cc1. The molecule has 0 amide bonds. The van der Waals surface area contributed by atoms with Gasteiger partial charge in [-0.1, -0.05) is 48.0 Å². The number of benzene rings is 3. The van der Waals surface area contributed by atoms with Crippen LogP contribution in [0.2, 0.25) is 0 Å². The first kappa shape index (κ1) is 17.2. The molecule has 0 aliphatic rings. The van der Waals surface area contributed by atoms with Gasteiger partial charge in [0.25, 0.3) is 0 Å². The lowest BCUT2D eigenvalue weighted by molar-refractivity contribution is 0.482. The molecule has 0 fully saturated rings. The van der Waals surface area contributed by atoms with E-state index >= 15 is 0 Å². The first-order chi connectivity index (χ1) is 12.0. The van der Waals surface area contributed by atoms with E-state index in [1.807, 2.05) is 61.5 Å². The zero-order chi connectivity index (χ0) is 17.7. The van der Waals surface area contributed by atoms with Crippen LogP contribution >= 0.6 is 0 Å². The second-order valence-electron chi connectivity index (χ2n) is 5.70. The molecule has 0 radical (unpaired) electrons. The van der Waals surface area contributed by atoms with Crippen LogP contribution in [0.3, 0.4) is 0 Å². The maximum Gasteiger partial charge on any atom is 0.240 e. The Kier molecular flexibility index (Phi) is 5.16. The Morgan fingerprint density at radius 2 is 1.52 bits per heavy atom. The van der Waals surface area contributed by atoms with E-state index in [0.717, 1.165) is 16.9 Å². The van der Waals surface area contributed by atoms with Crippen LogP contribution in [0.15, 0.2) is 83.8 Å². The van der Waals surface area contributed by atoms with Crippen LogP contribution in [0.4, 0.5) is 0 Å². The van der Waals surface area contributed by atoms with Crippen molar-refractivity contribution in [2.24, 2.45) is 0 Å². The summed E-state index contributed by atoms with van der Waals surface area (Å²) in [5.74, 6) is 1.40. The largest absolute Gasteiger partial charge is 0.457 e. The molecule has 5 heteroatoms. The quantitative estimate of drug-likeness (QED) is 0.720. The van der Waals surface area contributed by atoms with Crippen molar-refractivity contribution in [2.45, 2.75) is 18.4 Å². The van der Waals surface area contributed by atoms with Crippen molar-refractivity contribution in [3.8, 4) is 11.5 Å². The van der Waals surface area contributed by atoms with Crippen LogP contribution in [-0.2, 0) is 16.6 Å². The lowest BCUT2D eigenvalue weighted by Gasteiger charge is -2.09. The van der Waals surface area contributed by atoms with Gasteiger partial charge in [0.15, 0.2) is 0 Å². The van der Waals surface area contributed by atoms with Gasteiger partial charge in [-0.15, -0.1) is 0 Å². The Bertz CT molecular complexity index is 936. The van der Waals surface area contributed by atoms with Gasteiger partial charge in [0.05, 0.1) is 4.90 Å². The fraction of sp³-hybridized carbons (Fsp3) is 0.100. The van der Waals surface area contributed by atoms with Crippen molar-refractivity contribution in [1.82, 2.24) is 4.72 Å². The number of hydrogen-bond acceptors (Lipinski definition) is 3. The third-order valence-electron chi connectivity index (χ3n) is 3.67. The van der Waals surface area contributed by atoms with E-state index in [1.54, 1.807) is 24.3 Å². The maximum atomic E-state index is 12.4. The molecule has 0 bridgehead atoms. The van der Waals surface area contributed by atoms with Crippen molar-refractivity contribution >= 4 is 10.0 Å². The number of sulfonamides is 1. The fourth-order valence-electron chi connectivity index (χ4n) is 2.32. The van der Waals surface area contributed by atoms with Gasteiger partial charge in [-0.2, -0.15) is 0 Å². The topological polar surface area (TPSA) is 55.4 Å². The summed E-state index contributed by atoms with van der Waals surface area (Å²) in [6.45, 7) is 2.12. The molecular formula is C20H19NO3S. The van der Waals surface area contributed by atoms with Crippen LogP contribution in [0.25, 0.3) is 0 Å². The van der Waals surface area contributed by atoms with Gasteiger partial charge in [-0.05, 0) is 48.9 Å². The summed E-state index contributed by atoms with van der Waals surface area (Å²) < 4.78 is 33.1. The molecule has 0 unspecified atom stereocenters. The van der Waals surface area contributed by atoms with Gasteiger partial charge in [0, 0.05) is 6.54 Å². The van der Waals surface area contributed by atoms with Crippen LogP contribution in [0.1, 0.15) is 11.1 Å². The number of rotatable bonds is 6. The number of aryl methyl sites for hydroxylation is 1. The van der Waals surface area contributed by atoms with Gasteiger partial charge in [0.1, 0.15) is 11.5 Å². The van der Waals surface area contributed by atoms with E-state index in [-0.39, 0.29) is 11.4 Å². The molecule has 0 saturated carbocycles. The molecule has 128 valence electrons. The molecule has 0 saturated heterocycles. The highest BCUT2D eigenvalue weighted by Crippen LogP contribution is 2.22. The van der Waals surface area contributed by atoms with Gasteiger partial charge in [0.2, 0.25) is 10.0 Å². The fourth-order valence-corrected chi connectivity index (χ4v) is 3.34. The van der Waals surface area contributed by atoms with Gasteiger partial charge < -0.3 is 4.74 Å². The molecule has 1 N–H and O–H groups in total. The molecule has 3 rings (SSSR count). The van der Waals surface area contributed by atoms with Crippen molar-refractivity contribution in [1.29, 1.82) is 0 Å². The lowest BCUT2D eigenvalue weighted by Crippen LogP contribution is -2.23. The zero-order valence-corrected chi connectivity index (χ0v) is 14.7. The number of nitrogens with one attached hydrogen (secondary N) is 1. The summed E-state index contributed by atoms with van der Waals surface area (Å²) in [5, 5.41) is 0. The highest BCUT2D eigenvalue weighted by atomic mass is 32.2. The highest BCUT2D eigenvalue weighted by molar-refractivity contribution is 7.89. The minimum Gasteiger partial charge on any atom is -0.457 e. The van der Waals surface area contributed by atoms with E-state index in [1.165, 1.54) is 0 Å². The third kappa shape index (κ3) is 4.68. The van der Waals surface area contributed by atoms with E-state index in [4.69, 9.17) is 4.74 Å². The average molecular weight is 353 g/mol. The Labute approximate surface area is 148 Å². The third-order valence-corrected chi connectivity index (χ3v) is 5.09. The normalized spacial score (nSPS) is 11.2. The molecule has 4 nitrogen and oxygen atoms in total. The smallest absolute Gasteiger partial charge is 0.240 e. The molecule has 0 aromatic heterocycles. The second-order valence-corrected chi connectivity index (χ2v) is 7.47. The van der Waals surface area contributed by atoms with Crippen LogP contribution < -0.4 is 9.46 Å². The average Bonchev–Trinajstić information content (AvgIpc) is 2.62. The van der Waals surface area contributed by atoms with E-state index in [9.17, 15) is 8.42 Å². The van der Waals surface area contributed by atoms with Gasteiger partial charge in [-0.3, -0.25) is 0 Å². The Balaban J connectivity index is 1.69. The van der Waals surface area contributed by atoms with Crippen LogP contribution in [0, 0.1) is 6.92 Å². The summed E-state index contributed by atoms with van der Waals surface area (Å²) in [7, 11) is -3.54. The molecule has 25 heavy (non-hydrogen) atoms. The van der Waals surface area contributed by atoms with Crippen molar-refractivity contribution in [3.63, 3.8) is 0 Å². The maximum absolute atomic E-state index is 12.4. The molecule has 3 aromatic rings. The van der Waals surface area contributed by atoms with Gasteiger partial charge >= 0.3 is 0 Å². The van der Waals surface area contributed by atoms with E-state index < -0.39 is 10.0 Å². The van der Waals surface area contributed by atoms with Crippen LogP contribution in [-0.4, -0.2) is 8.42 Å². The summed E-state index contributed by atoms with van der Waals surface area (Å²) in [4.78, 5) is 0.259. The Hall–Kier alpha value is -2.63. The van der Waals surface area contributed by atoms with Crippen molar-refractivity contribution < 1.29 is 13.2 Å². The lowest BCUT2D eigenvalue weighted by atomic mass is 10.2. The summed E-state index contributed by atoms with van der Waals surface area (Å²) in [5.41, 5.74) is 1.84. The monoisotopic (exact) mass is 353 g/mol. The number of ether oxygens (including phenoxy) is 1. The Morgan fingerprint density at radius 1 is 0.840 bits per heavy atom. The zero-order valence-electron chi connectivity index (χ0n) is 13.8. The van der Waals surface area contributed by atoms with Crippen molar-refractivity contribution in [2.75, 3.05) is 0 Å². The molecule has 3 aromatic carbocycles. The summed E-state index contributed by atoms with van der Waals surface area (Å²) in [6.07, 6.45) is 0. The predicted molar refractivity (Wildman–Crippen MR) is 98.2 cm³/mol. The Morgan fingerprint density at radius 3 is 2.24 bits per heavy atom. The molecular weight excluding hydrogens is 334 g/mol. The standard InChI is InChI=1S/C20H19NO3S/c1-16-10-12-20(13-11-16)25(22,23)21-15-17-6-5-9-19(14-17)24-18-7-3-2-4-8-18/h2-14,21H,15H2,1H3. The molecule has 0 atom stereocenters. The number of hydrogen-bond donors (Lipinski definition) is 1. The minimum atomic E-state index is -3.54. The van der Waals surface area contributed by atoms with Crippen molar-refractivity contribution in [3.05, 3.63) is 90.0 Å². The highest BCUT2D eigenvalue weighted by Gasteiger charge is 2.13. The molecule has 0 spiro atoms. The van der Waals surface area contributed by atoms with E-state index in [2.05, 4.69) is 4.72 Å². The van der Waals surface area contributed by atoms with E-state index in [0.29, 0.717) is 5.75 Å². The first-order valence-electron chi connectivity index (χ1n) is 7.91. The molecule has 0 heterocycles. The predicted octanol–water partition coefficient (Wildman–Crippen LogP) is 4.27. The number of para-hydroxylation sites is 1. The summed E-state index contributed by atoms with van der Waals surface area (Å²) >= 11 is 0. The molecule has 0 aliphatic heterocycles. The summed E-state index contributed by atoms with van der Waals surface area (Å²) in [6, 6.07) is 23.6. The second kappa shape index (κ2) is 7.51. The van der Waals surface area contributed by atoms with Crippen LogP contribution in [0.5, 0.6) is 11.5 Å². The first-order valence-corrected chi connectivity index (χ1v) is 9.39. The minimum absolute atomic E-state index is 0.197. The molecule has 0 aliphatic carbocycles. The van der Waals surface area contributed by atoms with Gasteiger partial charge in [-0.25, -0.2) is 13.1 Å².